The van der Waals surface area contributed by atoms with Crippen LogP contribution < -0.4 is 9.64 Å². The molecule has 33 heavy (non-hydrogen) atoms. The Kier molecular flexibility index (Phi) is 7.26. The molecule has 0 aliphatic rings. The van der Waals surface area contributed by atoms with Gasteiger partial charge in [0.2, 0.25) is 0 Å². The number of ether oxygens (including phenoxy) is 1. The molecule has 0 spiro atoms. The topological polar surface area (TPSA) is 45.7 Å². The number of hydrogen-bond acceptors (Lipinski definition) is 5. The molecule has 6 heteroatoms. The summed E-state index contributed by atoms with van der Waals surface area (Å²) < 4.78 is 7.04. The van der Waals surface area contributed by atoms with E-state index in [2.05, 4.69) is 50.8 Å². The van der Waals surface area contributed by atoms with Gasteiger partial charge in [-0.25, -0.2) is 4.98 Å². The number of fused-ring (bicyclic) bond motifs is 2. The minimum Gasteiger partial charge on any atom is -0.484 e. The van der Waals surface area contributed by atoms with Crippen molar-refractivity contribution in [3.8, 4) is 5.75 Å². The van der Waals surface area contributed by atoms with E-state index in [0.717, 1.165) is 51.3 Å². The molecule has 3 aromatic carbocycles. The Labute approximate surface area is 199 Å². The number of nitrogens with zero attached hydrogens (tertiary/aromatic N) is 3. The fourth-order valence-electron chi connectivity index (χ4n) is 4.06. The van der Waals surface area contributed by atoms with E-state index in [1.165, 1.54) is 5.56 Å². The highest BCUT2D eigenvalue weighted by Gasteiger charge is 2.21. The number of amides is 1. The van der Waals surface area contributed by atoms with Gasteiger partial charge in [-0.05, 0) is 67.0 Å². The molecule has 0 bridgehead atoms. The molecule has 0 unspecified atom stereocenters. The predicted molar refractivity (Wildman–Crippen MR) is 139 cm³/mol. The maximum Gasteiger partial charge on any atom is 0.266 e. The Morgan fingerprint density at radius 1 is 0.970 bits per heavy atom. The van der Waals surface area contributed by atoms with E-state index in [9.17, 15) is 4.79 Å². The second-order valence-corrected chi connectivity index (χ2v) is 9.30. The first-order valence-electron chi connectivity index (χ1n) is 11.5. The van der Waals surface area contributed by atoms with E-state index >= 15 is 0 Å². The first kappa shape index (κ1) is 23.2. The monoisotopic (exact) mass is 461 g/mol. The van der Waals surface area contributed by atoms with E-state index in [4.69, 9.17) is 9.72 Å². The minimum atomic E-state index is -0.0799. The smallest absolute Gasteiger partial charge is 0.266 e. The van der Waals surface area contributed by atoms with Gasteiger partial charge in [-0.15, -0.1) is 0 Å². The fraction of sp³-hybridized carbons (Fsp3) is 0.333. The third-order valence-electron chi connectivity index (χ3n) is 5.97. The Morgan fingerprint density at radius 3 is 2.48 bits per heavy atom. The molecule has 5 nitrogen and oxygen atoms in total. The highest BCUT2D eigenvalue weighted by Crippen LogP contribution is 2.32. The molecule has 0 N–H and O–H groups in total. The zero-order valence-corrected chi connectivity index (χ0v) is 20.6. The maximum absolute atomic E-state index is 13.3. The Bertz CT molecular complexity index is 1260. The van der Waals surface area contributed by atoms with E-state index in [1.54, 1.807) is 16.2 Å². The number of hydrogen-bond donors (Lipinski definition) is 0. The molecule has 1 aromatic heterocycles. The Balaban J connectivity index is 1.56. The lowest BCUT2D eigenvalue weighted by atomic mass is 10.1. The lowest BCUT2D eigenvalue weighted by Crippen LogP contribution is -2.41. The van der Waals surface area contributed by atoms with Crippen molar-refractivity contribution in [2.75, 3.05) is 37.7 Å². The third kappa shape index (κ3) is 5.34. The summed E-state index contributed by atoms with van der Waals surface area (Å²) in [6, 6.07) is 18.3. The minimum absolute atomic E-state index is 0.0233. The third-order valence-corrected chi connectivity index (χ3v) is 6.99. The number of aryl methyl sites for hydroxylation is 2. The van der Waals surface area contributed by atoms with Gasteiger partial charge in [0.25, 0.3) is 5.91 Å². The molecule has 0 saturated heterocycles. The SMILES string of the molecule is CCN(CC)CCN(C(=O)COc1ccc2ccccc2c1)c1nc2c(C)cc(C)cc2s1. The van der Waals surface area contributed by atoms with Crippen LogP contribution in [0, 0.1) is 13.8 Å². The molecule has 0 saturated carbocycles. The molecule has 0 aliphatic carbocycles. The number of benzene rings is 3. The average Bonchev–Trinajstić information content (AvgIpc) is 3.24. The second-order valence-electron chi connectivity index (χ2n) is 8.29. The van der Waals surface area contributed by atoms with Crippen LogP contribution in [-0.4, -0.2) is 48.6 Å². The van der Waals surface area contributed by atoms with Gasteiger partial charge in [0, 0.05) is 13.1 Å². The molecule has 4 aromatic rings. The molecule has 4 rings (SSSR count). The number of likely N-dealkylation sites (N-methyl/N-ethyl adjacent to an activating group) is 1. The van der Waals surface area contributed by atoms with Gasteiger partial charge >= 0.3 is 0 Å². The van der Waals surface area contributed by atoms with Crippen LogP contribution in [0.4, 0.5) is 5.13 Å². The molecule has 0 radical (unpaired) electrons. The molecule has 1 amide bonds. The van der Waals surface area contributed by atoms with E-state index < -0.39 is 0 Å². The van der Waals surface area contributed by atoms with Gasteiger partial charge in [0.1, 0.15) is 5.75 Å². The van der Waals surface area contributed by atoms with Crippen molar-refractivity contribution in [2.45, 2.75) is 27.7 Å². The van der Waals surface area contributed by atoms with Gasteiger partial charge in [-0.1, -0.05) is 61.6 Å². The van der Waals surface area contributed by atoms with Crippen molar-refractivity contribution >= 4 is 43.4 Å². The van der Waals surface area contributed by atoms with Crippen LogP contribution >= 0.6 is 11.3 Å². The average molecular weight is 462 g/mol. The van der Waals surface area contributed by atoms with Gasteiger partial charge in [-0.3, -0.25) is 9.69 Å². The standard InChI is InChI=1S/C27H31N3O2S/c1-5-29(6-2)13-14-30(27-28-26-20(4)15-19(3)16-24(26)33-27)25(31)18-32-23-12-11-21-9-7-8-10-22(21)17-23/h7-12,15-17H,5-6,13-14,18H2,1-4H3. The van der Waals surface area contributed by atoms with Gasteiger partial charge in [0.05, 0.1) is 10.2 Å². The first-order valence-corrected chi connectivity index (χ1v) is 12.3. The van der Waals surface area contributed by atoms with E-state index in [1.807, 2.05) is 36.4 Å². The van der Waals surface area contributed by atoms with Crippen molar-refractivity contribution < 1.29 is 9.53 Å². The highest BCUT2D eigenvalue weighted by molar-refractivity contribution is 7.22. The van der Waals surface area contributed by atoms with Crippen molar-refractivity contribution in [3.63, 3.8) is 0 Å². The quantitative estimate of drug-likeness (QED) is 0.315. The summed E-state index contributed by atoms with van der Waals surface area (Å²) in [5, 5.41) is 2.98. The van der Waals surface area contributed by atoms with Crippen LogP contribution in [0.1, 0.15) is 25.0 Å². The first-order chi connectivity index (χ1) is 16.0. The van der Waals surface area contributed by atoms with Crippen LogP contribution in [0.5, 0.6) is 5.75 Å². The summed E-state index contributed by atoms with van der Waals surface area (Å²) in [7, 11) is 0. The van der Waals surface area contributed by atoms with Gasteiger partial charge in [0.15, 0.2) is 11.7 Å². The molecule has 0 fully saturated rings. The van der Waals surface area contributed by atoms with Crippen LogP contribution in [0.2, 0.25) is 0 Å². The van der Waals surface area contributed by atoms with Gasteiger partial charge < -0.3 is 9.64 Å². The number of rotatable bonds is 9. The lowest BCUT2D eigenvalue weighted by Gasteiger charge is -2.24. The summed E-state index contributed by atoms with van der Waals surface area (Å²) in [6.07, 6.45) is 0. The van der Waals surface area contributed by atoms with Crippen molar-refractivity contribution in [1.82, 2.24) is 9.88 Å². The second kappa shape index (κ2) is 10.3. The van der Waals surface area contributed by atoms with Crippen molar-refractivity contribution in [3.05, 3.63) is 65.7 Å². The summed E-state index contributed by atoms with van der Waals surface area (Å²) in [5.74, 6) is 0.616. The maximum atomic E-state index is 13.3. The number of carbonyl (C=O) groups excluding carboxylic acids is 1. The number of anilines is 1. The highest BCUT2D eigenvalue weighted by atomic mass is 32.1. The zero-order chi connectivity index (χ0) is 23.4. The lowest BCUT2D eigenvalue weighted by molar-refractivity contribution is -0.120. The van der Waals surface area contributed by atoms with Crippen LogP contribution in [0.3, 0.4) is 0 Å². The van der Waals surface area contributed by atoms with E-state index in [0.29, 0.717) is 12.3 Å². The van der Waals surface area contributed by atoms with Crippen LogP contribution in [0.25, 0.3) is 21.0 Å². The summed E-state index contributed by atoms with van der Waals surface area (Å²) >= 11 is 1.57. The number of carbonyl (C=O) groups is 1. The summed E-state index contributed by atoms with van der Waals surface area (Å²) in [4.78, 5) is 22.3. The molecular formula is C27H31N3O2S. The Hall–Kier alpha value is -2.96. The summed E-state index contributed by atoms with van der Waals surface area (Å²) in [5.41, 5.74) is 3.31. The number of thiazole rings is 1. The number of aromatic nitrogens is 1. The largest absolute Gasteiger partial charge is 0.484 e. The van der Waals surface area contributed by atoms with E-state index in [-0.39, 0.29) is 12.5 Å². The normalized spacial score (nSPS) is 11.4. The molecule has 0 aliphatic heterocycles. The fourth-order valence-corrected chi connectivity index (χ4v) is 5.25. The molecular weight excluding hydrogens is 430 g/mol. The molecule has 172 valence electrons. The molecule has 1 heterocycles. The summed E-state index contributed by atoms with van der Waals surface area (Å²) in [6.45, 7) is 11.7. The van der Waals surface area contributed by atoms with Crippen LogP contribution in [0.15, 0.2) is 54.6 Å². The predicted octanol–water partition coefficient (Wildman–Crippen LogP) is 5.82. The van der Waals surface area contributed by atoms with Crippen LogP contribution in [-0.2, 0) is 4.79 Å². The van der Waals surface area contributed by atoms with Gasteiger partial charge in [-0.2, -0.15) is 0 Å². The van der Waals surface area contributed by atoms with Crippen molar-refractivity contribution in [1.29, 1.82) is 0 Å². The van der Waals surface area contributed by atoms with Crippen molar-refractivity contribution in [2.24, 2.45) is 0 Å². The molecule has 0 atom stereocenters. The Morgan fingerprint density at radius 2 is 1.73 bits per heavy atom. The zero-order valence-electron chi connectivity index (χ0n) is 19.8.